The average molecular weight is 307 g/mol. The Morgan fingerprint density at radius 3 is 2.86 bits per heavy atom. The normalized spacial score (nSPS) is 23.7. The van der Waals surface area contributed by atoms with Gasteiger partial charge in [-0.15, -0.1) is 0 Å². The number of nitrogens with zero attached hydrogens (tertiary/aromatic N) is 2. The topological polar surface area (TPSA) is 73.2 Å². The molecule has 21 heavy (non-hydrogen) atoms. The lowest BCUT2D eigenvalue weighted by molar-refractivity contribution is 0.220. The van der Waals surface area contributed by atoms with E-state index in [9.17, 15) is 8.42 Å². The summed E-state index contributed by atoms with van der Waals surface area (Å²) in [5.74, 6) is 0.271. The van der Waals surface area contributed by atoms with Crippen LogP contribution in [0.25, 0.3) is 0 Å². The minimum Gasteiger partial charge on any atom is -0.310 e. The van der Waals surface area contributed by atoms with Crippen molar-refractivity contribution in [1.29, 1.82) is 5.26 Å². The van der Waals surface area contributed by atoms with Crippen molar-refractivity contribution in [2.45, 2.75) is 25.9 Å². The first-order chi connectivity index (χ1) is 9.90. The van der Waals surface area contributed by atoms with Gasteiger partial charge in [-0.3, -0.25) is 0 Å². The molecular weight excluding hydrogens is 286 g/mol. The number of benzene rings is 1. The molecule has 0 aromatic heterocycles. The molecule has 2 rings (SSSR count). The molecule has 1 saturated heterocycles. The standard InChI is InChI=1S/C15H21N3O2S/c1-12-11-18(21(2,19)20)7-6-15(12)17-10-14-5-3-4-13(8-14)9-16/h3-5,8,12,15,17H,6-7,10-11H2,1-2H3/t12-,15+/m0/s1. The van der Waals surface area contributed by atoms with Crippen LogP contribution in [0.15, 0.2) is 24.3 Å². The van der Waals surface area contributed by atoms with E-state index in [1.165, 1.54) is 6.26 Å². The quantitative estimate of drug-likeness (QED) is 0.910. The molecule has 0 radical (unpaired) electrons. The van der Waals surface area contributed by atoms with Crippen LogP contribution in [-0.4, -0.2) is 38.1 Å². The van der Waals surface area contributed by atoms with E-state index in [0.717, 1.165) is 12.0 Å². The van der Waals surface area contributed by atoms with Crippen LogP contribution in [0.4, 0.5) is 0 Å². The molecule has 0 bridgehead atoms. The molecule has 6 heteroatoms. The molecule has 0 spiro atoms. The number of piperidine rings is 1. The fourth-order valence-corrected chi connectivity index (χ4v) is 3.65. The molecule has 1 aromatic carbocycles. The average Bonchev–Trinajstić information content (AvgIpc) is 2.45. The third-order valence-corrected chi connectivity index (χ3v) is 5.23. The van der Waals surface area contributed by atoms with E-state index >= 15 is 0 Å². The van der Waals surface area contributed by atoms with Gasteiger partial charge >= 0.3 is 0 Å². The van der Waals surface area contributed by atoms with Crippen LogP contribution < -0.4 is 5.32 Å². The van der Waals surface area contributed by atoms with Crippen LogP contribution in [0.5, 0.6) is 0 Å². The van der Waals surface area contributed by atoms with Gasteiger partial charge in [0.15, 0.2) is 0 Å². The summed E-state index contributed by atoms with van der Waals surface area (Å²) >= 11 is 0. The molecule has 0 unspecified atom stereocenters. The molecule has 1 aliphatic rings. The Morgan fingerprint density at radius 1 is 1.48 bits per heavy atom. The van der Waals surface area contributed by atoms with Crippen molar-refractivity contribution in [2.75, 3.05) is 19.3 Å². The number of hydrogen-bond donors (Lipinski definition) is 1. The lowest BCUT2D eigenvalue weighted by atomic mass is 9.95. The molecule has 1 N–H and O–H groups in total. The zero-order chi connectivity index (χ0) is 15.5. The minimum atomic E-state index is -3.09. The van der Waals surface area contributed by atoms with Crippen molar-refractivity contribution in [3.8, 4) is 6.07 Å². The van der Waals surface area contributed by atoms with Gasteiger partial charge in [0.25, 0.3) is 0 Å². The molecule has 1 fully saturated rings. The predicted molar refractivity (Wildman–Crippen MR) is 82.0 cm³/mol. The van der Waals surface area contributed by atoms with Gasteiger partial charge in [0.05, 0.1) is 17.9 Å². The maximum atomic E-state index is 11.6. The number of rotatable bonds is 4. The summed E-state index contributed by atoms with van der Waals surface area (Å²) in [6.07, 6.45) is 2.08. The Balaban J connectivity index is 1.91. The second kappa shape index (κ2) is 6.56. The Hall–Kier alpha value is -1.42. The van der Waals surface area contributed by atoms with Gasteiger partial charge in [-0.25, -0.2) is 12.7 Å². The predicted octanol–water partition coefficient (Wildman–Crippen LogP) is 1.32. The summed E-state index contributed by atoms with van der Waals surface area (Å²) < 4.78 is 24.7. The fraction of sp³-hybridized carbons (Fsp3) is 0.533. The van der Waals surface area contributed by atoms with Crippen LogP contribution in [0.1, 0.15) is 24.5 Å². The molecule has 5 nitrogen and oxygen atoms in total. The lowest BCUT2D eigenvalue weighted by Crippen LogP contribution is -2.49. The van der Waals surface area contributed by atoms with Crippen molar-refractivity contribution >= 4 is 10.0 Å². The van der Waals surface area contributed by atoms with Gasteiger partial charge in [-0.05, 0) is 30.0 Å². The van der Waals surface area contributed by atoms with Crippen LogP contribution in [0.2, 0.25) is 0 Å². The highest BCUT2D eigenvalue weighted by atomic mass is 32.2. The van der Waals surface area contributed by atoms with E-state index in [1.807, 2.05) is 18.2 Å². The lowest BCUT2D eigenvalue weighted by Gasteiger charge is -2.36. The summed E-state index contributed by atoms with van der Waals surface area (Å²) in [5.41, 5.74) is 1.74. The third-order valence-electron chi connectivity index (χ3n) is 3.96. The van der Waals surface area contributed by atoms with Gasteiger partial charge in [0.1, 0.15) is 0 Å². The Bertz CT molecular complexity index is 637. The molecule has 1 aromatic rings. The number of nitriles is 1. The highest BCUT2D eigenvalue weighted by Gasteiger charge is 2.29. The number of hydrogen-bond acceptors (Lipinski definition) is 4. The second-order valence-corrected chi connectivity index (χ2v) is 7.67. The van der Waals surface area contributed by atoms with Gasteiger partial charge in [-0.1, -0.05) is 19.1 Å². The SMILES string of the molecule is C[C@H]1CN(S(C)(=O)=O)CC[C@H]1NCc1cccc(C#N)c1. The molecule has 0 saturated carbocycles. The zero-order valence-electron chi connectivity index (χ0n) is 12.4. The van der Waals surface area contributed by atoms with E-state index < -0.39 is 10.0 Å². The summed E-state index contributed by atoms with van der Waals surface area (Å²) in [6.45, 7) is 3.90. The van der Waals surface area contributed by atoms with E-state index in [0.29, 0.717) is 31.2 Å². The van der Waals surface area contributed by atoms with Crippen LogP contribution in [0.3, 0.4) is 0 Å². The van der Waals surface area contributed by atoms with Crippen LogP contribution >= 0.6 is 0 Å². The molecule has 0 aliphatic carbocycles. The first kappa shape index (κ1) is 16.0. The van der Waals surface area contributed by atoms with Gasteiger partial charge in [0, 0.05) is 25.7 Å². The van der Waals surface area contributed by atoms with Crippen molar-refractivity contribution in [1.82, 2.24) is 9.62 Å². The van der Waals surface area contributed by atoms with Gasteiger partial charge in [-0.2, -0.15) is 5.26 Å². The summed E-state index contributed by atoms with van der Waals surface area (Å²) in [6, 6.07) is 9.97. The smallest absolute Gasteiger partial charge is 0.211 e. The van der Waals surface area contributed by atoms with Crippen LogP contribution in [0, 0.1) is 17.2 Å². The molecule has 1 heterocycles. The highest BCUT2D eigenvalue weighted by molar-refractivity contribution is 7.88. The van der Waals surface area contributed by atoms with Crippen molar-refractivity contribution in [3.05, 3.63) is 35.4 Å². The van der Waals surface area contributed by atoms with Gasteiger partial charge in [0.2, 0.25) is 10.0 Å². The fourth-order valence-electron chi connectivity index (χ4n) is 2.71. The minimum absolute atomic E-state index is 0.271. The number of sulfonamides is 1. The maximum absolute atomic E-state index is 11.6. The van der Waals surface area contributed by atoms with Crippen molar-refractivity contribution in [3.63, 3.8) is 0 Å². The second-order valence-electron chi connectivity index (χ2n) is 5.69. The van der Waals surface area contributed by atoms with Crippen molar-refractivity contribution < 1.29 is 8.42 Å². The van der Waals surface area contributed by atoms with Gasteiger partial charge < -0.3 is 5.32 Å². The van der Waals surface area contributed by atoms with E-state index in [-0.39, 0.29) is 5.92 Å². The monoisotopic (exact) mass is 307 g/mol. The van der Waals surface area contributed by atoms with E-state index in [4.69, 9.17) is 5.26 Å². The largest absolute Gasteiger partial charge is 0.310 e. The summed E-state index contributed by atoms with van der Waals surface area (Å²) in [7, 11) is -3.09. The molecule has 114 valence electrons. The molecule has 0 amide bonds. The first-order valence-electron chi connectivity index (χ1n) is 7.07. The Labute approximate surface area is 126 Å². The Morgan fingerprint density at radius 2 is 2.24 bits per heavy atom. The molecular formula is C15H21N3O2S. The van der Waals surface area contributed by atoms with Crippen molar-refractivity contribution in [2.24, 2.45) is 5.92 Å². The Kier molecular flexibility index (Phi) is 4.99. The molecule has 1 aliphatic heterocycles. The molecule has 2 atom stereocenters. The summed E-state index contributed by atoms with van der Waals surface area (Å²) in [5, 5.41) is 12.4. The summed E-state index contributed by atoms with van der Waals surface area (Å²) in [4.78, 5) is 0. The van der Waals surface area contributed by atoms with Crippen LogP contribution in [-0.2, 0) is 16.6 Å². The number of nitrogens with one attached hydrogen (secondary N) is 1. The maximum Gasteiger partial charge on any atom is 0.211 e. The first-order valence-corrected chi connectivity index (χ1v) is 8.92. The zero-order valence-corrected chi connectivity index (χ0v) is 13.2. The van der Waals surface area contributed by atoms with E-state index in [2.05, 4.69) is 18.3 Å². The third kappa shape index (κ3) is 4.27. The highest BCUT2D eigenvalue weighted by Crippen LogP contribution is 2.19. The van der Waals surface area contributed by atoms with E-state index in [1.54, 1.807) is 10.4 Å².